The third-order valence-corrected chi connectivity index (χ3v) is 5.36. The average Bonchev–Trinajstić information content (AvgIpc) is 2.90. The number of alkyl halides is 1. The first-order valence-corrected chi connectivity index (χ1v) is 9.01. The molecule has 0 spiro atoms. The number of aryl methyl sites for hydroxylation is 1. The second-order valence-electron chi connectivity index (χ2n) is 5.90. The van der Waals surface area contributed by atoms with Gasteiger partial charge in [0.2, 0.25) is 0 Å². The second-order valence-corrected chi connectivity index (χ2v) is 7.46. The Kier molecular flexibility index (Phi) is 5.07. The Morgan fingerprint density at radius 2 is 1.92 bits per heavy atom. The molecule has 0 N–H and O–H groups in total. The Balaban J connectivity index is 1.69. The van der Waals surface area contributed by atoms with E-state index in [0.29, 0.717) is 19.4 Å². The van der Waals surface area contributed by atoms with Crippen molar-refractivity contribution in [2.24, 2.45) is 0 Å². The van der Waals surface area contributed by atoms with E-state index in [2.05, 4.69) is 15.9 Å². The van der Waals surface area contributed by atoms with Gasteiger partial charge in [0.1, 0.15) is 0 Å². The average molecular weight is 407 g/mol. The number of amides is 1. The first-order valence-electron chi connectivity index (χ1n) is 7.84. The number of carbonyl (C=O) groups is 2. The van der Waals surface area contributed by atoms with Crippen LogP contribution in [0.25, 0.3) is 0 Å². The molecule has 3 nitrogen and oxygen atoms in total. The van der Waals surface area contributed by atoms with Crippen molar-refractivity contribution >= 4 is 44.9 Å². The maximum atomic E-state index is 12.7. The van der Waals surface area contributed by atoms with Crippen LogP contribution in [0.15, 0.2) is 59.1 Å². The highest BCUT2D eigenvalue weighted by Gasteiger charge is 2.50. The van der Waals surface area contributed by atoms with E-state index in [0.717, 1.165) is 15.7 Å². The minimum Gasteiger partial charge on any atom is -0.310 e. The lowest BCUT2D eigenvalue weighted by atomic mass is 9.96. The Labute approximate surface area is 154 Å². The molecule has 0 unspecified atom stereocenters. The summed E-state index contributed by atoms with van der Waals surface area (Å²) in [5, 5.41) is 0. The number of hydrogen-bond donors (Lipinski definition) is 0. The van der Waals surface area contributed by atoms with Gasteiger partial charge in [0.15, 0.2) is 10.7 Å². The Morgan fingerprint density at radius 3 is 2.62 bits per heavy atom. The molecule has 2 aromatic carbocycles. The standard InChI is InChI=1S/C19H17BrClNO2/c20-15-6-4-5-14(13-15)9-10-17(23)19(21)11-12-22(18(19)24)16-7-2-1-3-8-16/h1-8,13H,9-12H2/t19-/m0/s1. The summed E-state index contributed by atoms with van der Waals surface area (Å²) in [6, 6.07) is 17.1. The molecule has 3 rings (SSSR count). The minimum atomic E-state index is -1.43. The van der Waals surface area contributed by atoms with Gasteiger partial charge in [0.25, 0.3) is 5.91 Å². The van der Waals surface area contributed by atoms with Gasteiger partial charge in [-0.05, 0) is 36.2 Å². The summed E-state index contributed by atoms with van der Waals surface area (Å²) in [6.45, 7) is 0.467. The van der Waals surface area contributed by atoms with Crippen LogP contribution in [-0.2, 0) is 16.0 Å². The Morgan fingerprint density at radius 1 is 1.17 bits per heavy atom. The van der Waals surface area contributed by atoms with Crippen molar-refractivity contribution < 1.29 is 9.59 Å². The summed E-state index contributed by atoms with van der Waals surface area (Å²) in [5.74, 6) is -0.512. The maximum absolute atomic E-state index is 12.7. The lowest BCUT2D eigenvalue weighted by molar-refractivity contribution is -0.129. The zero-order valence-corrected chi connectivity index (χ0v) is 15.4. The van der Waals surface area contributed by atoms with Gasteiger partial charge in [0, 0.05) is 29.5 Å². The number of carbonyl (C=O) groups excluding carboxylic acids is 2. The van der Waals surface area contributed by atoms with Crippen LogP contribution in [-0.4, -0.2) is 23.1 Å². The zero-order valence-electron chi connectivity index (χ0n) is 13.0. The molecule has 0 bridgehead atoms. The summed E-state index contributed by atoms with van der Waals surface area (Å²) in [7, 11) is 0. The number of anilines is 1. The predicted octanol–water partition coefficient (Wildman–Crippen LogP) is 4.37. The van der Waals surface area contributed by atoms with Crippen LogP contribution < -0.4 is 4.90 Å². The van der Waals surface area contributed by atoms with Crippen LogP contribution in [0.1, 0.15) is 18.4 Å². The van der Waals surface area contributed by atoms with Crippen LogP contribution in [0.5, 0.6) is 0 Å². The SMILES string of the molecule is O=C(CCc1cccc(Br)c1)[C@@]1(Cl)CCN(c2ccccc2)C1=O. The molecule has 1 aliphatic rings. The highest BCUT2D eigenvalue weighted by molar-refractivity contribution is 9.10. The molecule has 0 radical (unpaired) electrons. The zero-order chi connectivity index (χ0) is 17.2. The normalized spacial score (nSPS) is 20.4. The molecular weight excluding hydrogens is 390 g/mol. The van der Waals surface area contributed by atoms with Crippen molar-refractivity contribution in [1.82, 2.24) is 0 Å². The summed E-state index contributed by atoms with van der Waals surface area (Å²) in [4.78, 5) is 25.5. The van der Waals surface area contributed by atoms with E-state index in [1.807, 2.05) is 54.6 Å². The number of nitrogens with zero attached hydrogens (tertiary/aromatic N) is 1. The number of halogens is 2. The van der Waals surface area contributed by atoms with Gasteiger partial charge in [-0.25, -0.2) is 0 Å². The van der Waals surface area contributed by atoms with Crippen molar-refractivity contribution in [2.45, 2.75) is 24.1 Å². The number of ketones is 1. The summed E-state index contributed by atoms with van der Waals surface area (Å²) in [5.41, 5.74) is 1.83. The van der Waals surface area contributed by atoms with Gasteiger partial charge in [-0.1, -0.05) is 57.9 Å². The third kappa shape index (κ3) is 3.40. The molecule has 1 aliphatic heterocycles. The molecule has 0 aromatic heterocycles. The molecule has 124 valence electrons. The van der Waals surface area contributed by atoms with E-state index in [-0.39, 0.29) is 18.1 Å². The van der Waals surface area contributed by atoms with Gasteiger partial charge in [-0.2, -0.15) is 0 Å². The molecule has 24 heavy (non-hydrogen) atoms. The molecule has 1 saturated heterocycles. The van der Waals surface area contributed by atoms with E-state index in [1.54, 1.807) is 4.90 Å². The van der Waals surface area contributed by atoms with Crippen LogP contribution in [0.2, 0.25) is 0 Å². The molecule has 5 heteroatoms. The molecule has 0 saturated carbocycles. The number of para-hydroxylation sites is 1. The predicted molar refractivity (Wildman–Crippen MR) is 99.5 cm³/mol. The quantitative estimate of drug-likeness (QED) is 0.546. The topological polar surface area (TPSA) is 37.4 Å². The number of rotatable bonds is 5. The highest BCUT2D eigenvalue weighted by atomic mass is 79.9. The summed E-state index contributed by atoms with van der Waals surface area (Å²) >= 11 is 9.88. The first kappa shape index (κ1) is 17.2. The van der Waals surface area contributed by atoms with Crippen molar-refractivity contribution in [3.63, 3.8) is 0 Å². The van der Waals surface area contributed by atoms with Crippen molar-refractivity contribution in [2.75, 3.05) is 11.4 Å². The van der Waals surface area contributed by atoms with E-state index in [1.165, 1.54) is 0 Å². The molecule has 1 amide bonds. The van der Waals surface area contributed by atoms with Gasteiger partial charge >= 0.3 is 0 Å². The molecule has 1 fully saturated rings. The van der Waals surface area contributed by atoms with Crippen molar-refractivity contribution in [3.05, 3.63) is 64.6 Å². The summed E-state index contributed by atoms with van der Waals surface area (Å²) in [6.07, 6.45) is 1.18. The largest absolute Gasteiger partial charge is 0.310 e. The number of benzene rings is 2. The fraction of sp³-hybridized carbons (Fsp3) is 0.263. The molecule has 1 atom stereocenters. The lowest BCUT2D eigenvalue weighted by Crippen LogP contribution is -2.42. The maximum Gasteiger partial charge on any atom is 0.255 e. The lowest BCUT2D eigenvalue weighted by Gasteiger charge is -2.20. The molecule has 0 aliphatic carbocycles. The van der Waals surface area contributed by atoms with E-state index < -0.39 is 4.87 Å². The van der Waals surface area contributed by atoms with Gasteiger partial charge in [0.05, 0.1) is 0 Å². The van der Waals surface area contributed by atoms with Crippen LogP contribution in [0, 0.1) is 0 Å². The summed E-state index contributed by atoms with van der Waals surface area (Å²) < 4.78 is 0.972. The van der Waals surface area contributed by atoms with E-state index in [4.69, 9.17) is 11.6 Å². The molecule has 1 heterocycles. The fourth-order valence-corrected chi connectivity index (χ4v) is 3.68. The second kappa shape index (κ2) is 7.08. The van der Waals surface area contributed by atoms with Crippen molar-refractivity contribution in [3.8, 4) is 0 Å². The third-order valence-electron chi connectivity index (χ3n) is 4.30. The Hall–Kier alpha value is -1.65. The van der Waals surface area contributed by atoms with Gasteiger partial charge in [-0.15, -0.1) is 0 Å². The number of hydrogen-bond acceptors (Lipinski definition) is 2. The van der Waals surface area contributed by atoms with E-state index >= 15 is 0 Å². The van der Waals surface area contributed by atoms with Gasteiger partial charge < -0.3 is 4.90 Å². The van der Waals surface area contributed by atoms with E-state index in [9.17, 15) is 9.59 Å². The number of Topliss-reactive ketones (excluding diaryl/α,β-unsaturated/α-hetero) is 1. The molecular formula is C19H17BrClNO2. The highest BCUT2D eigenvalue weighted by Crippen LogP contribution is 2.35. The van der Waals surface area contributed by atoms with Crippen LogP contribution in [0.3, 0.4) is 0 Å². The first-order chi connectivity index (χ1) is 11.5. The molecule has 2 aromatic rings. The fourth-order valence-electron chi connectivity index (χ4n) is 2.95. The van der Waals surface area contributed by atoms with Crippen LogP contribution >= 0.6 is 27.5 Å². The smallest absolute Gasteiger partial charge is 0.255 e. The van der Waals surface area contributed by atoms with Crippen molar-refractivity contribution in [1.29, 1.82) is 0 Å². The van der Waals surface area contributed by atoms with Gasteiger partial charge in [-0.3, -0.25) is 9.59 Å². The minimum absolute atomic E-state index is 0.201. The Bertz CT molecular complexity index is 765. The van der Waals surface area contributed by atoms with Crippen LogP contribution in [0.4, 0.5) is 5.69 Å². The monoisotopic (exact) mass is 405 g/mol.